The number of nitrogens with one attached hydrogen (secondary N) is 2. The molecule has 0 bridgehead atoms. The second-order valence-electron chi connectivity index (χ2n) is 8.73. The summed E-state index contributed by atoms with van der Waals surface area (Å²) in [4.78, 5) is 24.8. The van der Waals surface area contributed by atoms with Crippen molar-refractivity contribution in [3.63, 3.8) is 0 Å². The lowest BCUT2D eigenvalue weighted by molar-refractivity contribution is -0.140. The highest BCUT2D eigenvalue weighted by molar-refractivity contribution is 6.33. The average molecular weight is 498 g/mol. The Bertz CT molecular complexity index is 1010. The van der Waals surface area contributed by atoms with E-state index in [9.17, 15) is 18.0 Å². The lowest BCUT2D eigenvalue weighted by Crippen LogP contribution is -2.35. The Morgan fingerprint density at radius 1 is 1.21 bits per heavy atom. The predicted molar refractivity (Wildman–Crippen MR) is 122 cm³/mol. The Labute approximate surface area is 200 Å². The Morgan fingerprint density at radius 3 is 2.71 bits per heavy atom. The van der Waals surface area contributed by atoms with Crippen molar-refractivity contribution < 1.29 is 22.7 Å². The summed E-state index contributed by atoms with van der Waals surface area (Å²) in [5.41, 5.74) is -0.0124. The average Bonchev–Trinajstić information content (AvgIpc) is 2.84. The monoisotopic (exact) mass is 497 g/mol. The first kappa shape index (κ1) is 24.8. The number of anilines is 1. The van der Waals surface area contributed by atoms with Crippen LogP contribution < -0.4 is 10.6 Å². The maximum Gasteiger partial charge on any atom is 0.437 e. The van der Waals surface area contributed by atoms with Crippen molar-refractivity contribution >= 4 is 23.2 Å². The number of nitrogens with zero attached hydrogens (tertiary/aromatic N) is 3. The number of hydrogen-bond donors (Lipinski definition) is 2. The zero-order valence-electron chi connectivity index (χ0n) is 18.6. The van der Waals surface area contributed by atoms with Gasteiger partial charge < -0.3 is 15.4 Å². The molecule has 4 rings (SSSR count). The van der Waals surface area contributed by atoms with E-state index in [1.807, 2.05) is 0 Å². The number of ether oxygens (including phenoxy) is 1. The van der Waals surface area contributed by atoms with Crippen LogP contribution in [0.15, 0.2) is 18.5 Å². The maximum absolute atomic E-state index is 13.6. The van der Waals surface area contributed by atoms with Crippen LogP contribution in [0, 0.1) is 11.8 Å². The molecule has 0 spiro atoms. The molecule has 2 saturated heterocycles. The zero-order valence-corrected chi connectivity index (χ0v) is 19.4. The number of aromatic nitrogens is 3. The van der Waals surface area contributed by atoms with Gasteiger partial charge in [-0.3, -0.25) is 9.78 Å². The van der Waals surface area contributed by atoms with Crippen molar-refractivity contribution in [3.05, 3.63) is 34.9 Å². The summed E-state index contributed by atoms with van der Waals surface area (Å²) in [5.74, 6) is -0.140. The standard InChI is InChI=1S/C23H27ClF3N5O2/c24-18-12-29-16(9-20(33)15-2-1-5-28-11-15)8-17(18)19-13-30-21(23(25,26)27)22(32-19)31-10-14-3-6-34-7-4-14/h8,12-15,28H,1-7,9-11H2,(H,31,32)/t15-/m1/s1. The van der Waals surface area contributed by atoms with E-state index in [2.05, 4.69) is 25.6 Å². The molecule has 0 aromatic carbocycles. The zero-order chi connectivity index (χ0) is 24.1. The van der Waals surface area contributed by atoms with E-state index in [4.69, 9.17) is 16.3 Å². The lowest BCUT2D eigenvalue weighted by Gasteiger charge is -2.23. The Kier molecular flexibility index (Phi) is 8.00. The molecular formula is C23H27ClF3N5O2. The first-order valence-electron chi connectivity index (χ1n) is 11.5. The van der Waals surface area contributed by atoms with Crippen LogP contribution in [-0.2, 0) is 22.1 Å². The van der Waals surface area contributed by atoms with Gasteiger partial charge in [-0.2, -0.15) is 13.2 Å². The van der Waals surface area contributed by atoms with Gasteiger partial charge in [-0.05, 0) is 44.2 Å². The molecule has 2 N–H and O–H groups in total. The van der Waals surface area contributed by atoms with Crippen molar-refractivity contribution in [2.24, 2.45) is 11.8 Å². The Balaban J connectivity index is 1.57. The molecule has 0 amide bonds. The van der Waals surface area contributed by atoms with Crippen LogP contribution in [0.5, 0.6) is 0 Å². The number of carbonyl (C=O) groups is 1. The summed E-state index contributed by atoms with van der Waals surface area (Å²) in [6, 6.07) is 1.61. The highest BCUT2D eigenvalue weighted by Gasteiger charge is 2.37. The molecule has 0 aliphatic carbocycles. The predicted octanol–water partition coefficient (Wildman–Crippen LogP) is 4.16. The summed E-state index contributed by atoms with van der Waals surface area (Å²) < 4.78 is 46.0. The van der Waals surface area contributed by atoms with Crippen LogP contribution in [0.3, 0.4) is 0 Å². The van der Waals surface area contributed by atoms with Crippen molar-refractivity contribution in [1.29, 1.82) is 0 Å². The highest BCUT2D eigenvalue weighted by Crippen LogP contribution is 2.35. The van der Waals surface area contributed by atoms with Crippen molar-refractivity contribution in [2.45, 2.75) is 38.3 Å². The fourth-order valence-electron chi connectivity index (χ4n) is 4.27. The third-order valence-corrected chi connectivity index (χ3v) is 6.54. The van der Waals surface area contributed by atoms with E-state index in [0.29, 0.717) is 37.6 Å². The van der Waals surface area contributed by atoms with Gasteiger partial charge in [-0.15, -0.1) is 0 Å². The second-order valence-corrected chi connectivity index (χ2v) is 9.14. The van der Waals surface area contributed by atoms with Gasteiger partial charge in [0.05, 0.1) is 16.9 Å². The molecule has 1 atom stereocenters. The molecule has 11 heteroatoms. The Morgan fingerprint density at radius 2 is 2.00 bits per heavy atom. The number of rotatable bonds is 7. The fraction of sp³-hybridized carbons (Fsp3) is 0.565. The highest BCUT2D eigenvalue weighted by atomic mass is 35.5. The SMILES string of the molecule is O=C(Cc1cc(-c2cnc(C(F)(F)F)c(NCC3CCOCC3)n2)c(Cl)cn1)[C@@H]1CCCNC1. The van der Waals surface area contributed by atoms with Gasteiger partial charge in [0.1, 0.15) is 5.78 Å². The molecule has 2 fully saturated rings. The minimum absolute atomic E-state index is 0.0680. The normalized spacial score (nSPS) is 19.7. The van der Waals surface area contributed by atoms with Crippen LogP contribution in [0.4, 0.5) is 19.0 Å². The van der Waals surface area contributed by atoms with Crippen LogP contribution >= 0.6 is 11.6 Å². The van der Waals surface area contributed by atoms with E-state index in [-0.39, 0.29) is 40.6 Å². The summed E-state index contributed by atoms with van der Waals surface area (Å²) in [7, 11) is 0. The number of pyridine rings is 1. The third-order valence-electron chi connectivity index (χ3n) is 6.24. The quantitative estimate of drug-likeness (QED) is 0.593. The summed E-state index contributed by atoms with van der Waals surface area (Å²) in [5, 5.41) is 6.28. The number of halogens is 4. The molecule has 7 nitrogen and oxygen atoms in total. The van der Waals surface area contributed by atoms with Crippen LogP contribution in [0.1, 0.15) is 37.1 Å². The van der Waals surface area contributed by atoms with Crippen molar-refractivity contribution in [1.82, 2.24) is 20.3 Å². The minimum atomic E-state index is -4.66. The molecule has 0 unspecified atom stereocenters. The first-order valence-corrected chi connectivity index (χ1v) is 11.8. The summed E-state index contributed by atoms with van der Waals surface area (Å²) in [6.07, 6.45) is 1.24. The molecule has 184 valence electrons. The minimum Gasteiger partial charge on any atom is -0.381 e. The van der Waals surface area contributed by atoms with Gasteiger partial charge in [0, 0.05) is 56.1 Å². The van der Waals surface area contributed by atoms with Gasteiger partial charge in [0.2, 0.25) is 0 Å². The van der Waals surface area contributed by atoms with E-state index >= 15 is 0 Å². The van der Waals surface area contributed by atoms with E-state index in [1.54, 1.807) is 6.07 Å². The molecule has 2 aliphatic heterocycles. The lowest BCUT2D eigenvalue weighted by atomic mass is 9.92. The Hall–Kier alpha value is -2.30. The molecule has 0 saturated carbocycles. The van der Waals surface area contributed by atoms with E-state index in [0.717, 1.165) is 38.4 Å². The van der Waals surface area contributed by atoms with Gasteiger partial charge in [0.25, 0.3) is 0 Å². The number of carbonyl (C=O) groups excluding carboxylic acids is 1. The topological polar surface area (TPSA) is 89.0 Å². The smallest absolute Gasteiger partial charge is 0.381 e. The van der Waals surface area contributed by atoms with Crippen LogP contribution in [0.25, 0.3) is 11.3 Å². The maximum atomic E-state index is 13.6. The molecule has 2 aromatic heterocycles. The number of ketones is 1. The molecular weight excluding hydrogens is 471 g/mol. The molecule has 4 heterocycles. The number of Topliss-reactive ketones (excluding diaryl/α,β-unsaturated/α-hetero) is 1. The van der Waals surface area contributed by atoms with Gasteiger partial charge >= 0.3 is 6.18 Å². The van der Waals surface area contributed by atoms with Gasteiger partial charge in [-0.1, -0.05) is 11.6 Å². The largest absolute Gasteiger partial charge is 0.437 e. The molecule has 2 aromatic rings. The summed E-state index contributed by atoms with van der Waals surface area (Å²) in [6.45, 7) is 3.07. The first-order chi connectivity index (χ1) is 16.3. The molecule has 34 heavy (non-hydrogen) atoms. The van der Waals surface area contributed by atoms with Crippen molar-refractivity contribution in [3.8, 4) is 11.3 Å². The number of hydrogen-bond acceptors (Lipinski definition) is 7. The number of piperidine rings is 1. The molecule has 2 aliphatic rings. The van der Waals surface area contributed by atoms with Crippen LogP contribution in [0.2, 0.25) is 5.02 Å². The van der Waals surface area contributed by atoms with Gasteiger partial charge in [-0.25, -0.2) is 9.97 Å². The second kappa shape index (κ2) is 11.0. The summed E-state index contributed by atoms with van der Waals surface area (Å²) >= 11 is 6.32. The fourth-order valence-corrected chi connectivity index (χ4v) is 4.47. The third kappa shape index (κ3) is 6.22. The van der Waals surface area contributed by atoms with E-state index in [1.165, 1.54) is 6.20 Å². The number of alkyl halides is 3. The molecule has 0 radical (unpaired) electrons. The van der Waals surface area contributed by atoms with Crippen molar-refractivity contribution in [2.75, 3.05) is 38.2 Å². The van der Waals surface area contributed by atoms with Gasteiger partial charge in [0.15, 0.2) is 11.5 Å². The van der Waals surface area contributed by atoms with E-state index < -0.39 is 11.9 Å². The van der Waals surface area contributed by atoms with Crippen LogP contribution in [-0.4, -0.2) is 53.6 Å².